The van der Waals surface area contributed by atoms with Crippen LogP contribution in [0.2, 0.25) is 0 Å². The molecule has 0 bridgehead atoms. The molecule has 2 atom stereocenters. The van der Waals surface area contributed by atoms with Gasteiger partial charge in [-0.15, -0.1) is 0 Å². The second kappa shape index (κ2) is 9.75. The second-order valence-corrected chi connectivity index (χ2v) is 6.59. The molecule has 0 N–H and O–H groups in total. The van der Waals surface area contributed by atoms with Crippen molar-refractivity contribution in [3.63, 3.8) is 0 Å². The molecule has 1 heterocycles. The van der Waals surface area contributed by atoms with Gasteiger partial charge in [-0.25, -0.2) is 4.79 Å². The number of aromatic nitrogens is 1. The van der Waals surface area contributed by atoms with Crippen LogP contribution >= 0.6 is 0 Å². The monoisotopic (exact) mass is 464 g/mol. The Hall–Kier alpha value is -2.51. The highest BCUT2D eigenvalue weighted by molar-refractivity contribution is 6.32. The van der Waals surface area contributed by atoms with Gasteiger partial charge >= 0.3 is 30.8 Å². The largest absolute Gasteiger partial charge is 0.449 e. The summed E-state index contributed by atoms with van der Waals surface area (Å²) in [7, 11) is 0. The molecule has 0 radical (unpaired) electrons. The van der Waals surface area contributed by atoms with Crippen LogP contribution in [0.5, 0.6) is 0 Å². The fourth-order valence-electron chi connectivity index (χ4n) is 3.08. The number of rotatable bonds is 6. The van der Waals surface area contributed by atoms with E-state index in [4.69, 9.17) is 0 Å². The lowest BCUT2D eigenvalue weighted by molar-refractivity contribution is -0.193. The summed E-state index contributed by atoms with van der Waals surface area (Å²) in [6, 6.07) is 0.389. The maximum absolute atomic E-state index is 12.7. The lowest BCUT2D eigenvalue weighted by atomic mass is 10.1. The van der Waals surface area contributed by atoms with Gasteiger partial charge in [0.2, 0.25) is 0 Å². The van der Waals surface area contributed by atoms with E-state index in [1.807, 2.05) is 0 Å². The second-order valence-electron chi connectivity index (χ2n) is 6.59. The molecule has 174 valence electrons. The Labute approximate surface area is 170 Å². The summed E-state index contributed by atoms with van der Waals surface area (Å²) < 4.78 is 108. The lowest BCUT2D eigenvalue weighted by Gasteiger charge is -2.32. The number of amides is 1. The first-order chi connectivity index (χ1) is 14.3. The van der Waals surface area contributed by atoms with Crippen molar-refractivity contribution >= 4 is 11.9 Å². The Bertz CT molecular complexity index is 767. The lowest BCUT2D eigenvalue weighted by Crippen LogP contribution is -2.48. The number of pyridine rings is 1. The molecular formula is C17H16F8N2O4. The maximum atomic E-state index is 12.7. The summed E-state index contributed by atoms with van der Waals surface area (Å²) in [4.78, 5) is 28.4. The number of carbonyl (C=O) groups excluding carboxylic acids is 2. The van der Waals surface area contributed by atoms with Crippen molar-refractivity contribution < 1.29 is 54.2 Å². The van der Waals surface area contributed by atoms with E-state index < -0.39 is 61.7 Å². The molecule has 31 heavy (non-hydrogen) atoms. The molecule has 1 aromatic heterocycles. The van der Waals surface area contributed by atoms with Gasteiger partial charge in [0.05, 0.1) is 29.9 Å². The van der Waals surface area contributed by atoms with E-state index in [-0.39, 0.29) is 18.5 Å². The van der Waals surface area contributed by atoms with E-state index in [1.54, 1.807) is 0 Å². The first-order valence-electron chi connectivity index (χ1n) is 8.78. The Kier molecular flexibility index (Phi) is 7.78. The van der Waals surface area contributed by atoms with Gasteiger partial charge in [0, 0.05) is 6.20 Å². The van der Waals surface area contributed by atoms with Crippen molar-refractivity contribution in [3.8, 4) is 0 Å². The van der Waals surface area contributed by atoms with Crippen LogP contribution in [-0.4, -0.2) is 53.3 Å². The molecular weight excluding hydrogens is 448 g/mol. The van der Waals surface area contributed by atoms with Gasteiger partial charge in [-0.1, -0.05) is 0 Å². The van der Waals surface area contributed by atoms with E-state index in [0.29, 0.717) is 23.6 Å². The Morgan fingerprint density at radius 3 is 2.32 bits per heavy atom. The van der Waals surface area contributed by atoms with Gasteiger partial charge in [0.1, 0.15) is 0 Å². The van der Waals surface area contributed by atoms with Crippen LogP contribution in [0.3, 0.4) is 0 Å². The zero-order valence-corrected chi connectivity index (χ0v) is 15.6. The molecule has 0 spiro atoms. The van der Waals surface area contributed by atoms with Crippen LogP contribution in [0.25, 0.3) is 0 Å². The van der Waals surface area contributed by atoms with E-state index in [2.05, 4.69) is 14.5 Å². The maximum Gasteiger partial charge on any atom is 0.422 e. The van der Waals surface area contributed by atoms with Crippen LogP contribution in [0, 0.1) is 0 Å². The number of alkyl halides is 8. The highest BCUT2D eigenvalue weighted by Crippen LogP contribution is 2.31. The number of carbonyl (C=O) groups is 2. The molecule has 14 heteroatoms. The smallest absolute Gasteiger partial charge is 0.422 e. The van der Waals surface area contributed by atoms with Crippen LogP contribution < -0.4 is 0 Å². The third-order valence-corrected chi connectivity index (χ3v) is 4.38. The van der Waals surface area contributed by atoms with Crippen LogP contribution in [0.15, 0.2) is 18.3 Å². The first-order valence-corrected chi connectivity index (χ1v) is 8.78. The van der Waals surface area contributed by atoms with Crippen LogP contribution in [-0.2, 0) is 31.8 Å². The molecule has 0 aliphatic heterocycles. The molecule has 1 aliphatic rings. The topological polar surface area (TPSA) is 68.7 Å². The number of hydrogen-bond acceptors (Lipinski definition) is 5. The molecule has 0 unspecified atom stereocenters. The highest BCUT2D eigenvalue weighted by atomic mass is 19.4. The number of esters is 1. The Morgan fingerprint density at radius 1 is 1.13 bits per heavy atom. The molecule has 1 amide bonds. The van der Waals surface area contributed by atoms with Crippen LogP contribution in [0.4, 0.5) is 35.1 Å². The number of hydrogen-bond donors (Lipinski definition) is 0. The average Bonchev–Trinajstić information content (AvgIpc) is 3.09. The number of halogens is 8. The average molecular weight is 464 g/mol. The standard InChI is InChI=1S/C17H16F8N2O4/c18-15(19)31-12-3-1-2-11(12)27(13(28)14(29)30-8-16(20,21)22)7-10-5-4-9(6-26-10)17(23,24)25/h4-6,11-12,15H,1-3,7-8H2/t11-,12-/m1/s1. The van der Waals surface area contributed by atoms with E-state index in [9.17, 15) is 44.7 Å². The zero-order valence-electron chi connectivity index (χ0n) is 15.6. The molecule has 0 aromatic carbocycles. The third-order valence-electron chi connectivity index (χ3n) is 4.38. The fourth-order valence-corrected chi connectivity index (χ4v) is 3.08. The first kappa shape index (κ1) is 24.8. The minimum absolute atomic E-state index is 0.0658. The number of nitrogens with zero attached hydrogens (tertiary/aromatic N) is 2. The van der Waals surface area contributed by atoms with Gasteiger partial charge < -0.3 is 14.4 Å². The van der Waals surface area contributed by atoms with Gasteiger partial charge in [-0.2, -0.15) is 35.1 Å². The Morgan fingerprint density at radius 2 is 1.81 bits per heavy atom. The molecule has 1 fully saturated rings. The highest BCUT2D eigenvalue weighted by Gasteiger charge is 2.41. The molecule has 1 saturated carbocycles. The molecule has 2 rings (SSSR count). The van der Waals surface area contributed by atoms with Gasteiger partial charge in [-0.05, 0) is 31.4 Å². The molecule has 1 aliphatic carbocycles. The van der Waals surface area contributed by atoms with Crippen molar-refractivity contribution in [2.24, 2.45) is 0 Å². The summed E-state index contributed by atoms with van der Waals surface area (Å²) in [5.74, 6) is -3.48. The minimum Gasteiger partial charge on any atom is -0.449 e. The summed E-state index contributed by atoms with van der Waals surface area (Å²) in [5, 5.41) is 0. The molecule has 0 saturated heterocycles. The van der Waals surface area contributed by atoms with Crippen molar-refractivity contribution in [1.82, 2.24) is 9.88 Å². The van der Waals surface area contributed by atoms with Gasteiger partial charge in [0.15, 0.2) is 6.61 Å². The molecule has 6 nitrogen and oxygen atoms in total. The van der Waals surface area contributed by atoms with E-state index in [0.717, 1.165) is 6.07 Å². The van der Waals surface area contributed by atoms with Crippen LogP contribution in [0.1, 0.15) is 30.5 Å². The van der Waals surface area contributed by atoms with Gasteiger partial charge in [0.25, 0.3) is 0 Å². The summed E-state index contributed by atoms with van der Waals surface area (Å²) in [6.45, 7) is -5.90. The minimum atomic E-state index is -4.91. The van der Waals surface area contributed by atoms with Crippen molar-refractivity contribution in [1.29, 1.82) is 0 Å². The predicted octanol–water partition coefficient (Wildman–Crippen LogP) is 3.69. The normalized spacial score (nSPS) is 19.5. The zero-order chi connectivity index (χ0) is 23.4. The summed E-state index contributed by atoms with van der Waals surface area (Å²) in [5.41, 5.74) is -1.26. The van der Waals surface area contributed by atoms with E-state index in [1.165, 1.54) is 0 Å². The predicted molar refractivity (Wildman–Crippen MR) is 85.3 cm³/mol. The summed E-state index contributed by atoms with van der Waals surface area (Å²) in [6.07, 6.45) is -9.96. The summed E-state index contributed by atoms with van der Waals surface area (Å²) >= 11 is 0. The third kappa shape index (κ3) is 7.29. The van der Waals surface area contributed by atoms with Crippen molar-refractivity contribution in [2.45, 2.75) is 56.9 Å². The molecule has 1 aromatic rings. The Balaban J connectivity index is 2.25. The van der Waals surface area contributed by atoms with Crippen molar-refractivity contribution in [2.75, 3.05) is 6.61 Å². The SMILES string of the molecule is O=C(OCC(F)(F)F)C(=O)N(Cc1ccc(C(F)(F)F)cn1)[C@@H]1CCC[C@H]1OC(F)F. The fraction of sp³-hybridized carbons (Fsp3) is 0.588. The quantitative estimate of drug-likeness (QED) is 0.365. The van der Waals surface area contributed by atoms with E-state index >= 15 is 0 Å². The van der Waals surface area contributed by atoms with Gasteiger partial charge in [-0.3, -0.25) is 9.78 Å². The van der Waals surface area contributed by atoms with Crippen molar-refractivity contribution in [3.05, 3.63) is 29.6 Å². The number of ether oxygens (including phenoxy) is 2.